The first-order chi connectivity index (χ1) is 12.7. The zero-order chi connectivity index (χ0) is 17.9. The van der Waals surface area contributed by atoms with Crippen molar-refractivity contribution in [3.05, 3.63) is 29.7 Å². The molecule has 1 atom stereocenters. The van der Waals surface area contributed by atoms with Crippen LogP contribution in [0.4, 0.5) is 5.95 Å². The maximum Gasteiger partial charge on any atom is 0.244 e. The Kier molecular flexibility index (Phi) is 5.15. The quantitative estimate of drug-likeness (QED) is 0.814. The van der Waals surface area contributed by atoms with Crippen LogP contribution in [0.25, 0.3) is 0 Å². The van der Waals surface area contributed by atoms with E-state index < -0.39 is 0 Å². The molecule has 0 unspecified atom stereocenters. The van der Waals surface area contributed by atoms with Gasteiger partial charge in [-0.05, 0) is 38.6 Å². The van der Waals surface area contributed by atoms with Crippen molar-refractivity contribution in [1.29, 1.82) is 0 Å². The molecule has 26 heavy (non-hydrogen) atoms. The average molecular weight is 356 g/mol. The SMILES string of the molecule is CC(C)c1noc([C@@H]2CCCN2Cc2cnc(N3CCCCC3)nc2)n1. The van der Waals surface area contributed by atoms with Crippen molar-refractivity contribution >= 4 is 5.95 Å². The van der Waals surface area contributed by atoms with Crippen LogP contribution in [0.3, 0.4) is 0 Å². The fourth-order valence-electron chi connectivity index (χ4n) is 3.83. The summed E-state index contributed by atoms with van der Waals surface area (Å²) in [6.07, 6.45) is 9.95. The highest BCUT2D eigenvalue weighted by molar-refractivity contribution is 5.30. The first kappa shape index (κ1) is 17.4. The second-order valence-corrected chi connectivity index (χ2v) is 7.71. The van der Waals surface area contributed by atoms with E-state index in [1.807, 2.05) is 12.4 Å². The highest BCUT2D eigenvalue weighted by Crippen LogP contribution is 2.32. The summed E-state index contributed by atoms with van der Waals surface area (Å²) < 4.78 is 5.54. The molecule has 7 nitrogen and oxygen atoms in total. The molecule has 4 rings (SSSR count). The fourth-order valence-corrected chi connectivity index (χ4v) is 3.83. The largest absolute Gasteiger partial charge is 0.341 e. The lowest BCUT2D eigenvalue weighted by molar-refractivity contribution is 0.200. The summed E-state index contributed by atoms with van der Waals surface area (Å²) in [4.78, 5) is 18.5. The lowest BCUT2D eigenvalue weighted by Crippen LogP contribution is -2.31. The molecule has 140 valence electrons. The molecular formula is C19H28N6O. The minimum absolute atomic E-state index is 0.205. The van der Waals surface area contributed by atoms with E-state index in [-0.39, 0.29) is 12.0 Å². The third-order valence-electron chi connectivity index (χ3n) is 5.34. The van der Waals surface area contributed by atoms with E-state index in [4.69, 9.17) is 4.52 Å². The maximum atomic E-state index is 5.54. The Morgan fingerprint density at radius 3 is 2.54 bits per heavy atom. The van der Waals surface area contributed by atoms with Crippen molar-refractivity contribution in [2.45, 2.75) is 64.5 Å². The number of nitrogens with zero attached hydrogens (tertiary/aromatic N) is 6. The molecule has 2 aromatic heterocycles. The monoisotopic (exact) mass is 356 g/mol. The van der Waals surface area contributed by atoms with E-state index in [0.717, 1.165) is 62.2 Å². The molecule has 7 heteroatoms. The van der Waals surface area contributed by atoms with E-state index in [1.54, 1.807) is 0 Å². The van der Waals surface area contributed by atoms with Crippen molar-refractivity contribution in [3.63, 3.8) is 0 Å². The Balaban J connectivity index is 1.42. The standard InChI is InChI=1S/C19H28N6O/c1-14(2)17-22-18(26-23-17)16-7-6-10-25(16)13-15-11-20-19(21-12-15)24-8-4-3-5-9-24/h11-12,14,16H,3-10,13H2,1-2H3/t16-/m0/s1. The van der Waals surface area contributed by atoms with Gasteiger partial charge in [0.25, 0.3) is 0 Å². The minimum atomic E-state index is 0.205. The van der Waals surface area contributed by atoms with Gasteiger partial charge in [0.05, 0.1) is 6.04 Å². The van der Waals surface area contributed by atoms with Crippen LogP contribution in [0.1, 0.15) is 75.2 Å². The van der Waals surface area contributed by atoms with Crippen LogP contribution >= 0.6 is 0 Å². The van der Waals surface area contributed by atoms with E-state index in [1.165, 1.54) is 19.3 Å². The summed E-state index contributed by atoms with van der Waals surface area (Å²) in [7, 11) is 0. The third-order valence-corrected chi connectivity index (χ3v) is 5.34. The van der Waals surface area contributed by atoms with Gasteiger partial charge in [-0.3, -0.25) is 4.90 Å². The Hall–Kier alpha value is -2.02. The predicted molar refractivity (Wildman–Crippen MR) is 98.9 cm³/mol. The van der Waals surface area contributed by atoms with Crippen LogP contribution in [0.2, 0.25) is 0 Å². The van der Waals surface area contributed by atoms with Gasteiger partial charge in [-0.2, -0.15) is 4.98 Å². The minimum Gasteiger partial charge on any atom is -0.341 e. The zero-order valence-electron chi connectivity index (χ0n) is 15.8. The van der Waals surface area contributed by atoms with Gasteiger partial charge in [-0.15, -0.1) is 0 Å². The lowest BCUT2D eigenvalue weighted by atomic mass is 10.1. The van der Waals surface area contributed by atoms with Crippen molar-refractivity contribution in [2.75, 3.05) is 24.5 Å². The molecule has 0 radical (unpaired) electrons. The smallest absolute Gasteiger partial charge is 0.244 e. The molecule has 2 aliphatic heterocycles. The normalized spacial score (nSPS) is 21.7. The van der Waals surface area contributed by atoms with Crippen molar-refractivity contribution in [2.24, 2.45) is 0 Å². The van der Waals surface area contributed by atoms with Crippen molar-refractivity contribution in [3.8, 4) is 0 Å². The summed E-state index contributed by atoms with van der Waals surface area (Å²) in [6, 6.07) is 0.205. The molecule has 2 aliphatic rings. The lowest BCUT2D eigenvalue weighted by Gasteiger charge is -2.26. The van der Waals surface area contributed by atoms with E-state index in [9.17, 15) is 0 Å². The molecule has 2 saturated heterocycles. The molecule has 4 heterocycles. The van der Waals surface area contributed by atoms with Gasteiger partial charge in [-0.25, -0.2) is 9.97 Å². The number of hydrogen-bond acceptors (Lipinski definition) is 7. The predicted octanol–water partition coefficient (Wildman–Crippen LogP) is 3.31. The fraction of sp³-hybridized carbons (Fsp3) is 0.684. The van der Waals surface area contributed by atoms with Crippen LogP contribution < -0.4 is 4.90 Å². The Labute approximate surface area is 154 Å². The second kappa shape index (κ2) is 7.70. The summed E-state index contributed by atoms with van der Waals surface area (Å²) in [6.45, 7) is 8.18. The van der Waals surface area contributed by atoms with Crippen LogP contribution in [-0.2, 0) is 6.54 Å². The third kappa shape index (κ3) is 3.72. The summed E-state index contributed by atoms with van der Waals surface area (Å²) in [5.41, 5.74) is 1.14. The summed E-state index contributed by atoms with van der Waals surface area (Å²) >= 11 is 0. The van der Waals surface area contributed by atoms with Crippen LogP contribution in [-0.4, -0.2) is 44.6 Å². The van der Waals surface area contributed by atoms with Gasteiger partial charge >= 0.3 is 0 Å². The second-order valence-electron chi connectivity index (χ2n) is 7.71. The Bertz CT molecular complexity index is 707. The van der Waals surface area contributed by atoms with Crippen LogP contribution in [0.5, 0.6) is 0 Å². The van der Waals surface area contributed by atoms with Crippen LogP contribution in [0.15, 0.2) is 16.9 Å². The molecule has 0 bridgehead atoms. The van der Waals surface area contributed by atoms with Gasteiger partial charge in [0.2, 0.25) is 11.8 Å². The van der Waals surface area contributed by atoms with Gasteiger partial charge in [0.15, 0.2) is 5.82 Å². The summed E-state index contributed by atoms with van der Waals surface area (Å²) in [5.74, 6) is 2.70. The Morgan fingerprint density at radius 2 is 1.85 bits per heavy atom. The highest BCUT2D eigenvalue weighted by Gasteiger charge is 2.31. The topological polar surface area (TPSA) is 71.2 Å². The van der Waals surface area contributed by atoms with E-state index >= 15 is 0 Å². The molecule has 0 saturated carbocycles. The molecule has 0 spiro atoms. The summed E-state index contributed by atoms with van der Waals surface area (Å²) in [5, 5.41) is 4.12. The van der Waals surface area contributed by atoms with Gasteiger partial charge in [-0.1, -0.05) is 19.0 Å². The van der Waals surface area contributed by atoms with E-state index in [0.29, 0.717) is 0 Å². The number of likely N-dealkylation sites (tertiary alicyclic amines) is 1. The van der Waals surface area contributed by atoms with E-state index in [2.05, 4.69) is 43.8 Å². The molecule has 0 amide bonds. The number of anilines is 1. The Morgan fingerprint density at radius 1 is 1.08 bits per heavy atom. The van der Waals surface area contributed by atoms with Crippen molar-refractivity contribution in [1.82, 2.24) is 25.0 Å². The molecular weight excluding hydrogens is 328 g/mol. The maximum absolute atomic E-state index is 5.54. The molecule has 0 aromatic carbocycles. The first-order valence-corrected chi connectivity index (χ1v) is 9.84. The van der Waals surface area contributed by atoms with Gasteiger partial charge in [0.1, 0.15) is 0 Å². The van der Waals surface area contributed by atoms with Gasteiger partial charge < -0.3 is 9.42 Å². The van der Waals surface area contributed by atoms with Gasteiger partial charge in [0, 0.05) is 43.5 Å². The molecule has 0 N–H and O–H groups in total. The average Bonchev–Trinajstić information content (AvgIpc) is 3.32. The first-order valence-electron chi connectivity index (χ1n) is 9.84. The molecule has 2 fully saturated rings. The van der Waals surface area contributed by atoms with Crippen LogP contribution in [0, 0.1) is 0 Å². The highest BCUT2D eigenvalue weighted by atomic mass is 16.5. The molecule has 0 aliphatic carbocycles. The zero-order valence-corrected chi connectivity index (χ0v) is 15.8. The number of aromatic nitrogens is 4. The number of rotatable bonds is 5. The number of piperidine rings is 1. The van der Waals surface area contributed by atoms with Crippen molar-refractivity contribution < 1.29 is 4.52 Å². The number of hydrogen-bond donors (Lipinski definition) is 0. The molecule has 2 aromatic rings.